The van der Waals surface area contributed by atoms with Gasteiger partial charge in [-0.3, -0.25) is 4.90 Å². The van der Waals surface area contributed by atoms with Gasteiger partial charge in [0.15, 0.2) is 0 Å². The van der Waals surface area contributed by atoms with Crippen molar-refractivity contribution in [2.24, 2.45) is 11.1 Å². The van der Waals surface area contributed by atoms with Crippen LogP contribution in [0.2, 0.25) is 0 Å². The fourth-order valence-electron chi connectivity index (χ4n) is 1.83. The summed E-state index contributed by atoms with van der Waals surface area (Å²) >= 11 is 5.10. The fraction of sp³-hybridized carbons (Fsp3) is 0.900. The third kappa shape index (κ3) is 2.20. The van der Waals surface area contributed by atoms with E-state index in [1.807, 2.05) is 0 Å². The van der Waals surface area contributed by atoms with Crippen molar-refractivity contribution in [2.75, 3.05) is 13.1 Å². The van der Waals surface area contributed by atoms with Gasteiger partial charge < -0.3 is 5.73 Å². The van der Waals surface area contributed by atoms with E-state index in [2.05, 4.69) is 25.7 Å². The minimum Gasteiger partial charge on any atom is -0.393 e. The highest BCUT2D eigenvalue weighted by Crippen LogP contribution is 2.31. The van der Waals surface area contributed by atoms with E-state index in [1.54, 1.807) is 0 Å². The molecule has 0 radical (unpaired) electrons. The van der Waals surface area contributed by atoms with E-state index in [4.69, 9.17) is 18.0 Å². The predicted molar refractivity (Wildman–Crippen MR) is 60.8 cm³/mol. The molecule has 1 saturated heterocycles. The zero-order valence-electron chi connectivity index (χ0n) is 8.84. The predicted octanol–water partition coefficient (Wildman–Crippen LogP) is 1.78. The molecule has 13 heavy (non-hydrogen) atoms. The summed E-state index contributed by atoms with van der Waals surface area (Å²) in [5.74, 6) is 0. The topological polar surface area (TPSA) is 29.3 Å². The van der Waals surface area contributed by atoms with E-state index in [0.29, 0.717) is 11.0 Å². The van der Waals surface area contributed by atoms with E-state index in [-0.39, 0.29) is 5.41 Å². The molecule has 1 aliphatic rings. The van der Waals surface area contributed by atoms with Crippen molar-refractivity contribution in [2.45, 2.75) is 39.7 Å². The fourth-order valence-corrected chi connectivity index (χ4v) is 2.00. The second-order valence-corrected chi connectivity index (χ2v) is 4.84. The molecule has 1 heterocycles. The molecule has 76 valence electrons. The van der Waals surface area contributed by atoms with Crippen LogP contribution in [0.5, 0.6) is 0 Å². The van der Waals surface area contributed by atoms with Crippen LogP contribution in [0.4, 0.5) is 0 Å². The number of hydrogen-bond donors (Lipinski definition) is 1. The summed E-state index contributed by atoms with van der Waals surface area (Å²) in [6, 6.07) is 0.663. The molecular weight excluding hydrogens is 180 g/mol. The first-order valence-electron chi connectivity index (χ1n) is 5.03. The van der Waals surface area contributed by atoms with Crippen LogP contribution in [0.25, 0.3) is 0 Å². The highest BCUT2D eigenvalue weighted by Gasteiger charge is 2.37. The van der Waals surface area contributed by atoms with Crippen LogP contribution in [0.3, 0.4) is 0 Å². The molecule has 1 rings (SSSR count). The maximum Gasteiger partial charge on any atom is 0.0800 e. The smallest absolute Gasteiger partial charge is 0.0800 e. The lowest BCUT2D eigenvalue weighted by atomic mass is 9.90. The van der Waals surface area contributed by atoms with E-state index in [0.717, 1.165) is 19.5 Å². The molecule has 0 saturated carbocycles. The molecule has 3 heteroatoms. The molecule has 0 amide bonds. The first kappa shape index (κ1) is 10.9. The zero-order valence-corrected chi connectivity index (χ0v) is 9.66. The van der Waals surface area contributed by atoms with Crippen LogP contribution in [-0.4, -0.2) is 29.0 Å². The minimum atomic E-state index is 0.0821. The number of likely N-dealkylation sites (tertiary alicyclic amines) is 1. The quantitative estimate of drug-likeness (QED) is 0.704. The lowest BCUT2D eigenvalue weighted by Gasteiger charge is -2.26. The SMILES string of the molecule is CCC(C)N1CCC(C)(C(N)=S)C1. The molecule has 2 unspecified atom stereocenters. The summed E-state index contributed by atoms with van der Waals surface area (Å²) in [5, 5.41) is 0. The molecule has 0 aromatic carbocycles. The maximum atomic E-state index is 5.74. The summed E-state index contributed by atoms with van der Waals surface area (Å²) < 4.78 is 0. The summed E-state index contributed by atoms with van der Waals surface area (Å²) in [6.45, 7) is 8.85. The summed E-state index contributed by atoms with van der Waals surface area (Å²) in [5.41, 5.74) is 5.82. The zero-order chi connectivity index (χ0) is 10.1. The van der Waals surface area contributed by atoms with Crippen molar-refractivity contribution < 1.29 is 0 Å². The van der Waals surface area contributed by atoms with Crippen LogP contribution in [0.15, 0.2) is 0 Å². The Bertz CT molecular complexity index is 205. The molecule has 0 aromatic rings. The van der Waals surface area contributed by atoms with Gasteiger partial charge in [0, 0.05) is 18.0 Å². The van der Waals surface area contributed by atoms with Gasteiger partial charge in [0.05, 0.1) is 4.99 Å². The third-order valence-electron chi connectivity index (χ3n) is 3.31. The molecule has 2 nitrogen and oxygen atoms in total. The van der Waals surface area contributed by atoms with Gasteiger partial charge in [0.1, 0.15) is 0 Å². The Morgan fingerprint density at radius 2 is 2.31 bits per heavy atom. The molecule has 0 bridgehead atoms. The van der Waals surface area contributed by atoms with Crippen LogP contribution in [0, 0.1) is 5.41 Å². The van der Waals surface area contributed by atoms with Crippen molar-refractivity contribution >= 4 is 17.2 Å². The highest BCUT2D eigenvalue weighted by atomic mass is 32.1. The monoisotopic (exact) mass is 200 g/mol. The Labute approximate surface area is 86.5 Å². The lowest BCUT2D eigenvalue weighted by Crippen LogP contribution is -2.38. The van der Waals surface area contributed by atoms with E-state index >= 15 is 0 Å². The van der Waals surface area contributed by atoms with Gasteiger partial charge >= 0.3 is 0 Å². The Kier molecular flexibility index (Phi) is 3.30. The Balaban J connectivity index is 2.58. The van der Waals surface area contributed by atoms with Crippen LogP contribution in [0.1, 0.15) is 33.6 Å². The molecule has 0 spiro atoms. The van der Waals surface area contributed by atoms with Gasteiger partial charge in [0.2, 0.25) is 0 Å². The van der Waals surface area contributed by atoms with Crippen molar-refractivity contribution in [1.82, 2.24) is 4.90 Å². The highest BCUT2D eigenvalue weighted by molar-refractivity contribution is 7.80. The molecule has 1 fully saturated rings. The maximum absolute atomic E-state index is 5.74. The first-order chi connectivity index (χ1) is 5.99. The summed E-state index contributed by atoms with van der Waals surface area (Å²) in [4.78, 5) is 3.16. The van der Waals surface area contributed by atoms with Gasteiger partial charge in [-0.25, -0.2) is 0 Å². The number of thiocarbonyl (C=S) groups is 1. The summed E-state index contributed by atoms with van der Waals surface area (Å²) in [6.07, 6.45) is 2.32. The van der Waals surface area contributed by atoms with E-state index in [9.17, 15) is 0 Å². The van der Waals surface area contributed by atoms with Gasteiger partial charge in [-0.05, 0) is 26.3 Å². The average molecular weight is 200 g/mol. The standard InChI is InChI=1S/C10H20N2S/c1-4-8(2)12-6-5-10(3,7-12)9(11)13/h8H,4-7H2,1-3H3,(H2,11,13). The molecular formula is C10H20N2S. The second kappa shape index (κ2) is 3.93. The molecule has 0 aromatic heterocycles. The largest absolute Gasteiger partial charge is 0.393 e. The Hall–Kier alpha value is -0.150. The normalized spacial score (nSPS) is 31.9. The molecule has 1 aliphatic heterocycles. The number of hydrogen-bond acceptors (Lipinski definition) is 2. The van der Waals surface area contributed by atoms with Crippen molar-refractivity contribution in [3.05, 3.63) is 0 Å². The first-order valence-corrected chi connectivity index (χ1v) is 5.44. The van der Waals surface area contributed by atoms with Gasteiger partial charge in [-0.1, -0.05) is 26.1 Å². The lowest BCUT2D eigenvalue weighted by molar-refractivity contribution is 0.238. The minimum absolute atomic E-state index is 0.0821. The van der Waals surface area contributed by atoms with Gasteiger partial charge in [-0.15, -0.1) is 0 Å². The Morgan fingerprint density at radius 1 is 1.69 bits per heavy atom. The number of rotatable bonds is 3. The van der Waals surface area contributed by atoms with Crippen LogP contribution < -0.4 is 5.73 Å². The molecule has 0 aliphatic carbocycles. The van der Waals surface area contributed by atoms with Crippen LogP contribution in [-0.2, 0) is 0 Å². The van der Waals surface area contributed by atoms with Crippen molar-refractivity contribution in [3.63, 3.8) is 0 Å². The van der Waals surface area contributed by atoms with Crippen molar-refractivity contribution in [1.29, 1.82) is 0 Å². The molecule has 2 N–H and O–H groups in total. The second-order valence-electron chi connectivity index (χ2n) is 4.40. The number of nitrogens with two attached hydrogens (primary N) is 1. The van der Waals surface area contributed by atoms with Gasteiger partial charge in [0.25, 0.3) is 0 Å². The Morgan fingerprint density at radius 3 is 2.69 bits per heavy atom. The number of nitrogens with zero attached hydrogens (tertiary/aromatic N) is 1. The summed E-state index contributed by atoms with van der Waals surface area (Å²) in [7, 11) is 0. The third-order valence-corrected chi connectivity index (χ3v) is 3.80. The van der Waals surface area contributed by atoms with Crippen molar-refractivity contribution in [3.8, 4) is 0 Å². The van der Waals surface area contributed by atoms with E-state index in [1.165, 1.54) is 6.42 Å². The average Bonchev–Trinajstić information content (AvgIpc) is 2.48. The molecule has 2 atom stereocenters. The van der Waals surface area contributed by atoms with Crippen LogP contribution >= 0.6 is 12.2 Å². The van der Waals surface area contributed by atoms with Gasteiger partial charge in [-0.2, -0.15) is 0 Å². The van der Waals surface area contributed by atoms with E-state index < -0.39 is 0 Å².